The fraction of sp³-hybridized carbons (Fsp3) is 0.364. The summed E-state index contributed by atoms with van der Waals surface area (Å²) in [6.45, 7) is 0.137. The van der Waals surface area contributed by atoms with Crippen molar-refractivity contribution in [3.63, 3.8) is 0 Å². The molecule has 5 nitrogen and oxygen atoms in total. The van der Waals surface area contributed by atoms with Gasteiger partial charge in [-0.1, -0.05) is 11.2 Å². The molecule has 0 bridgehead atoms. The monoisotopic (exact) mass is 219 g/mol. The molecule has 0 aliphatic heterocycles. The van der Waals surface area contributed by atoms with Crippen molar-refractivity contribution in [3.05, 3.63) is 41.8 Å². The Labute approximate surface area is 93.1 Å². The van der Waals surface area contributed by atoms with E-state index in [4.69, 9.17) is 9.63 Å². The van der Waals surface area contributed by atoms with Crippen LogP contribution >= 0.6 is 0 Å². The highest BCUT2D eigenvalue weighted by molar-refractivity contribution is 5.09. The second kappa shape index (κ2) is 5.37. The van der Waals surface area contributed by atoms with Crippen molar-refractivity contribution in [2.24, 2.45) is 0 Å². The average molecular weight is 219 g/mol. The highest BCUT2D eigenvalue weighted by Gasteiger charge is 2.06. The molecule has 0 unspecified atom stereocenters. The number of aliphatic hydroxyl groups excluding tert-OH is 1. The SMILES string of the molecule is OCCCc1nc(Cc2ccccn2)no1. The predicted molar refractivity (Wildman–Crippen MR) is 56.7 cm³/mol. The van der Waals surface area contributed by atoms with Crippen LogP contribution in [-0.2, 0) is 12.8 Å². The second-order valence-electron chi connectivity index (χ2n) is 3.43. The number of aromatic nitrogens is 3. The van der Waals surface area contributed by atoms with E-state index in [0.29, 0.717) is 31.0 Å². The van der Waals surface area contributed by atoms with E-state index in [-0.39, 0.29) is 6.61 Å². The Hall–Kier alpha value is -1.75. The molecule has 2 aromatic heterocycles. The minimum atomic E-state index is 0.137. The Kier molecular flexibility index (Phi) is 3.61. The molecular formula is C11H13N3O2. The fourth-order valence-corrected chi connectivity index (χ4v) is 1.36. The van der Waals surface area contributed by atoms with Gasteiger partial charge < -0.3 is 9.63 Å². The molecule has 1 N–H and O–H groups in total. The van der Waals surface area contributed by atoms with Crippen molar-refractivity contribution in [1.29, 1.82) is 0 Å². The molecule has 5 heteroatoms. The van der Waals surface area contributed by atoms with Crippen LogP contribution in [0.4, 0.5) is 0 Å². The van der Waals surface area contributed by atoms with Crippen LogP contribution in [0.5, 0.6) is 0 Å². The normalized spacial score (nSPS) is 10.6. The predicted octanol–water partition coefficient (Wildman–Crippen LogP) is 0.980. The minimum Gasteiger partial charge on any atom is -0.396 e. The van der Waals surface area contributed by atoms with Crippen molar-refractivity contribution in [2.75, 3.05) is 6.61 Å². The first-order valence-electron chi connectivity index (χ1n) is 5.20. The van der Waals surface area contributed by atoms with E-state index >= 15 is 0 Å². The maximum absolute atomic E-state index is 8.67. The summed E-state index contributed by atoms with van der Waals surface area (Å²) >= 11 is 0. The van der Waals surface area contributed by atoms with Crippen molar-refractivity contribution >= 4 is 0 Å². The van der Waals surface area contributed by atoms with Crippen LogP contribution in [0, 0.1) is 0 Å². The maximum Gasteiger partial charge on any atom is 0.226 e. The molecule has 2 aromatic rings. The molecule has 0 aromatic carbocycles. The molecule has 0 fully saturated rings. The summed E-state index contributed by atoms with van der Waals surface area (Å²) in [6.07, 6.45) is 3.57. The molecule has 0 saturated carbocycles. The van der Waals surface area contributed by atoms with Gasteiger partial charge in [0.05, 0.1) is 6.42 Å². The first kappa shape index (κ1) is 10.8. The van der Waals surface area contributed by atoms with Gasteiger partial charge in [-0.05, 0) is 18.6 Å². The van der Waals surface area contributed by atoms with Gasteiger partial charge in [0.25, 0.3) is 0 Å². The van der Waals surface area contributed by atoms with E-state index in [1.807, 2.05) is 18.2 Å². The summed E-state index contributed by atoms with van der Waals surface area (Å²) in [4.78, 5) is 8.40. The third kappa shape index (κ3) is 2.87. The molecule has 0 aliphatic carbocycles. The Morgan fingerprint density at radius 3 is 3.00 bits per heavy atom. The van der Waals surface area contributed by atoms with Crippen molar-refractivity contribution in [2.45, 2.75) is 19.3 Å². The molecule has 84 valence electrons. The van der Waals surface area contributed by atoms with Crippen LogP contribution in [0.15, 0.2) is 28.9 Å². The van der Waals surface area contributed by atoms with Gasteiger partial charge in [0.15, 0.2) is 5.82 Å². The smallest absolute Gasteiger partial charge is 0.226 e. The van der Waals surface area contributed by atoms with Crippen LogP contribution in [-0.4, -0.2) is 26.8 Å². The molecule has 0 spiro atoms. The van der Waals surface area contributed by atoms with Gasteiger partial charge in [0.1, 0.15) is 0 Å². The zero-order chi connectivity index (χ0) is 11.2. The fourth-order valence-electron chi connectivity index (χ4n) is 1.36. The van der Waals surface area contributed by atoms with E-state index in [1.165, 1.54) is 0 Å². The van der Waals surface area contributed by atoms with E-state index in [9.17, 15) is 0 Å². The molecule has 0 atom stereocenters. The van der Waals surface area contributed by atoms with Gasteiger partial charge in [-0.2, -0.15) is 4.98 Å². The summed E-state index contributed by atoms with van der Waals surface area (Å²) in [7, 11) is 0. The van der Waals surface area contributed by atoms with Gasteiger partial charge in [-0.3, -0.25) is 4.98 Å². The topological polar surface area (TPSA) is 72.0 Å². The number of hydrogen-bond acceptors (Lipinski definition) is 5. The number of rotatable bonds is 5. The van der Waals surface area contributed by atoms with Crippen LogP contribution in [0.3, 0.4) is 0 Å². The van der Waals surface area contributed by atoms with Gasteiger partial charge in [-0.15, -0.1) is 0 Å². The molecular weight excluding hydrogens is 206 g/mol. The second-order valence-corrected chi connectivity index (χ2v) is 3.43. The quantitative estimate of drug-likeness (QED) is 0.811. The highest BCUT2D eigenvalue weighted by atomic mass is 16.5. The third-order valence-corrected chi connectivity index (χ3v) is 2.12. The largest absolute Gasteiger partial charge is 0.396 e. The van der Waals surface area contributed by atoms with Crippen LogP contribution in [0.1, 0.15) is 23.8 Å². The third-order valence-electron chi connectivity index (χ3n) is 2.12. The van der Waals surface area contributed by atoms with Gasteiger partial charge >= 0.3 is 0 Å². The zero-order valence-electron chi connectivity index (χ0n) is 8.83. The number of hydrogen-bond donors (Lipinski definition) is 1. The van der Waals surface area contributed by atoms with E-state index < -0.39 is 0 Å². The van der Waals surface area contributed by atoms with Crippen molar-refractivity contribution in [1.82, 2.24) is 15.1 Å². The lowest BCUT2D eigenvalue weighted by molar-refractivity contribution is 0.278. The number of pyridine rings is 1. The van der Waals surface area contributed by atoms with Gasteiger partial charge in [0.2, 0.25) is 5.89 Å². The summed E-state index contributed by atoms with van der Waals surface area (Å²) in [5, 5.41) is 12.5. The Balaban J connectivity index is 1.97. The zero-order valence-corrected chi connectivity index (χ0v) is 8.83. The van der Waals surface area contributed by atoms with E-state index in [1.54, 1.807) is 6.20 Å². The molecule has 0 amide bonds. The lowest BCUT2D eigenvalue weighted by Crippen LogP contribution is -1.94. The molecule has 16 heavy (non-hydrogen) atoms. The van der Waals surface area contributed by atoms with Gasteiger partial charge in [-0.25, -0.2) is 0 Å². The van der Waals surface area contributed by atoms with E-state index in [0.717, 1.165) is 5.69 Å². The van der Waals surface area contributed by atoms with Crippen LogP contribution < -0.4 is 0 Å². The standard InChI is InChI=1S/C11H13N3O2/c15-7-3-5-11-13-10(14-16-11)8-9-4-1-2-6-12-9/h1-2,4,6,15H,3,5,7-8H2. The summed E-state index contributed by atoms with van der Waals surface area (Å²) < 4.78 is 5.04. The average Bonchev–Trinajstić information content (AvgIpc) is 2.75. The Morgan fingerprint density at radius 2 is 2.25 bits per heavy atom. The Morgan fingerprint density at radius 1 is 1.31 bits per heavy atom. The van der Waals surface area contributed by atoms with E-state index in [2.05, 4.69) is 15.1 Å². The summed E-state index contributed by atoms with van der Waals surface area (Å²) in [6, 6.07) is 5.71. The number of nitrogens with zero attached hydrogens (tertiary/aromatic N) is 3. The van der Waals surface area contributed by atoms with Crippen molar-refractivity contribution in [3.8, 4) is 0 Å². The summed E-state index contributed by atoms with van der Waals surface area (Å²) in [5.41, 5.74) is 0.914. The number of aliphatic hydroxyl groups is 1. The van der Waals surface area contributed by atoms with Crippen LogP contribution in [0.25, 0.3) is 0 Å². The maximum atomic E-state index is 8.67. The lowest BCUT2D eigenvalue weighted by Gasteiger charge is -1.93. The molecule has 0 saturated heterocycles. The van der Waals surface area contributed by atoms with Gasteiger partial charge in [0, 0.05) is 24.9 Å². The molecule has 0 radical (unpaired) electrons. The first-order valence-corrected chi connectivity index (χ1v) is 5.20. The van der Waals surface area contributed by atoms with Crippen molar-refractivity contribution < 1.29 is 9.63 Å². The molecule has 0 aliphatic rings. The van der Waals surface area contributed by atoms with Crippen LogP contribution in [0.2, 0.25) is 0 Å². The Bertz CT molecular complexity index is 428. The molecule has 2 heterocycles. The number of aryl methyl sites for hydroxylation is 1. The lowest BCUT2D eigenvalue weighted by atomic mass is 10.2. The first-order chi connectivity index (χ1) is 7.88. The highest BCUT2D eigenvalue weighted by Crippen LogP contribution is 2.05. The minimum absolute atomic E-state index is 0.137. The molecule has 2 rings (SSSR count). The summed E-state index contributed by atoms with van der Waals surface area (Å²) in [5.74, 6) is 1.20.